The predicted octanol–water partition coefficient (Wildman–Crippen LogP) is 0.834. The Bertz CT molecular complexity index is 112. The van der Waals surface area contributed by atoms with Crippen molar-refractivity contribution in [1.82, 2.24) is 10.6 Å². The molecule has 70 valence electrons. The van der Waals surface area contributed by atoms with E-state index < -0.39 is 0 Å². The normalized spacial score (nSPS) is 36.0. The maximum Gasteiger partial charge on any atom is 0.0205 e. The summed E-state index contributed by atoms with van der Waals surface area (Å²) in [6.07, 6.45) is 4.18. The average molecular weight is 186 g/mol. The zero-order valence-electron chi connectivity index (χ0n) is 7.51. The summed E-state index contributed by atoms with van der Waals surface area (Å²) in [4.78, 5) is 0. The van der Waals surface area contributed by atoms with Crippen molar-refractivity contribution in [1.29, 1.82) is 0 Å². The van der Waals surface area contributed by atoms with Gasteiger partial charge in [-0.3, -0.25) is 0 Å². The Hall–Kier alpha value is 0.270. The highest BCUT2D eigenvalue weighted by atomic mass is 32.2. The van der Waals surface area contributed by atoms with E-state index in [9.17, 15) is 0 Å². The van der Waals surface area contributed by atoms with Gasteiger partial charge in [-0.1, -0.05) is 0 Å². The third-order valence-corrected chi connectivity index (χ3v) is 4.12. The lowest BCUT2D eigenvalue weighted by Crippen LogP contribution is -2.35. The Labute approximate surface area is 78.9 Å². The molecule has 0 saturated carbocycles. The van der Waals surface area contributed by atoms with Gasteiger partial charge in [0.05, 0.1) is 0 Å². The van der Waals surface area contributed by atoms with Crippen LogP contribution in [0.25, 0.3) is 0 Å². The molecule has 0 bridgehead atoms. The van der Waals surface area contributed by atoms with Crippen LogP contribution in [-0.2, 0) is 0 Å². The lowest BCUT2D eigenvalue weighted by Gasteiger charge is -2.14. The van der Waals surface area contributed by atoms with E-state index in [1.165, 1.54) is 44.6 Å². The van der Waals surface area contributed by atoms with Crippen LogP contribution in [0.5, 0.6) is 0 Å². The van der Waals surface area contributed by atoms with Gasteiger partial charge in [0.2, 0.25) is 0 Å². The van der Waals surface area contributed by atoms with Crippen molar-refractivity contribution in [2.24, 2.45) is 0 Å². The highest BCUT2D eigenvalue weighted by Gasteiger charge is 2.18. The van der Waals surface area contributed by atoms with E-state index in [0.717, 1.165) is 11.3 Å². The Kier molecular flexibility index (Phi) is 3.31. The predicted molar refractivity (Wildman–Crippen MR) is 54.8 cm³/mol. The fraction of sp³-hybridized carbons (Fsp3) is 1.00. The molecule has 0 amide bonds. The second-order valence-electron chi connectivity index (χ2n) is 3.73. The summed E-state index contributed by atoms with van der Waals surface area (Å²) in [6.45, 7) is 3.61. The third kappa shape index (κ3) is 2.38. The van der Waals surface area contributed by atoms with E-state index in [1.54, 1.807) is 0 Å². The highest BCUT2D eigenvalue weighted by Crippen LogP contribution is 2.25. The first-order valence-corrected chi connectivity index (χ1v) is 6.06. The molecule has 0 aromatic rings. The zero-order valence-corrected chi connectivity index (χ0v) is 8.33. The Balaban J connectivity index is 1.60. The number of nitrogens with one attached hydrogen (secondary N) is 2. The fourth-order valence-electron chi connectivity index (χ4n) is 1.93. The van der Waals surface area contributed by atoms with Crippen molar-refractivity contribution < 1.29 is 0 Å². The molecule has 2 aliphatic rings. The Morgan fingerprint density at radius 2 is 2.42 bits per heavy atom. The summed E-state index contributed by atoms with van der Waals surface area (Å²) in [5.74, 6) is 1.38. The molecule has 2 rings (SSSR count). The van der Waals surface area contributed by atoms with Gasteiger partial charge in [0.25, 0.3) is 0 Å². The molecule has 1 unspecified atom stereocenters. The van der Waals surface area contributed by atoms with Crippen molar-refractivity contribution in [2.45, 2.75) is 30.6 Å². The molecule has 2 nitrogen and oxygen atoms in total. The molecule has 2 aliphatic heterocycles. The maximum atomic E-state index is 3.64. The highest BCUT2D eigenvalue weighted by molar-refractivity contribution is 8.00. The molecule has 2 heterocycles. The van der Waals surface area contributed by atoms with Crippen molar-refractivity contribution in [3.8, 4) is 0 Å². The summed E-state index contributed by atoms with van der Waals surface area (Å²) in [6, 6.07) is 0.756. The average Bonchev–Trinajstić information content (AvgIpc) is 2.74. The van der Waals surface area contributed by atoms with Gasteiger partial charge < -0.3 is 10.6 Å². The van der Waals surface area contributed by atoms with Gasteiger partial charge in [0, 0.05) is 24.4 Å². The smallest absolute Gasteiger partial charge is 0.0205 e. The maximum absolute atomic E-state index is 3.64. The molecule has 2 atom stereocenters. The van der Waals surface area contributed by atoms with E-state index in [4.69, 9.17) is 0 Å². The van der Waals surface area contributed by atoms with E-state index in [2.05, 4.69) is 22.4 Å². The molecule has 0 spiro atoms. The number of hydrogen-bond acceptors (Lipinski definition) is 3. The molecule has 0 aliphatic carbocycles. The van der Waals surface area contributed by atoms with Crippen LogP contribution >= 0.6 is 11.8 Å². The number of hydrogen-bond donors (Lipinski definition) is 2. The van der Waals surface area contributed by atoms with Gasteiger partial charge in [-0.05, 0) is 31.6 Å². The van der Waals surface area contributed by atoms with Crippen LogP contribution < -0.4 is 10.6 Å². The van der Waals surface area contributed by atoms with Gasteiger partial charge in [0.1, 0.15) is 0 Å². The summed E-state index contributed by atoms with van der Waals surface area (Å²) >= 11 is 2.14. The van der Waals surface area contributed by atoms with E-state index >= 15 is 0 Å². The second-order valence-corrected chi connectivity index (χ2v) is 5.14. The topological polar surface area (TPSA) is 24.1 Å². The first-order chi connectivity index (χ1) is 5.95. The van der Waals surface area contributed by atoms with Gasteiger partial charge >= 0.3 is 0 Å². The molecule has 3 heteroatoms. The van der Waals surface area contributed by atoms with Crippen molar-refractivity contribution in [2.75, 3.05) is 25.4 Å². The Morgan fingerprint density at radius 1 is 1.42 bits per heavy atom. The minimum Gasteiger partial charge on any atom is -0.315 e. The van der Waals surface area contributed by atoms with Crippen molar-refractivity contribution in [3.05, 3.63) is 0 Å². The molecular weight excluding hydrogens is 168 g/mol. The van der Waals surface area contributed by atoms with Gasteiger partial charge in [-0.2, -0.15) is 11.8 Å². The van der Waals surface area contributed by atoms with Crippen LogP contribution in [0.1, 0.15) is 19.3 Å². The minimum absolute atomic E-state index is 0.756. The first-order valence-electron chi connectivity index (χ1n) is 5.01. The van der Waals surface area contributed by atoms with Crippen molar-refractivity contribution >= 4 is 11.8 Å². The molecule has 0 radical (unpaired) electrons. The Morgan fingerprint density at radius 3 is 3.08 bits per heavy atom. The number of rotatable bonds is 3. The summed E-state index contributed by atoms with van der Waals surface area (Å²) in [5.41, 5.74) is 0. The summed E-state index contributed by atoms with van der Waals surface area (Å²) in [7, 11) is 0. The van der Waals surface area contributed by atoms with Crippen LogP contribution in [0.2, 0.25) is 0 Å². The second kappa shape index (κ2) is 4.49. The third-order valence-electron chi connectivity index (χ3n) is 2.72. The van der Waals surface area contributed by atoms with Crippen LogP contribution in [0.4, 0.5) is 0 Å². The van der Waals surface area contributed by atoms with Gasteiger partial charge in [0.15, 0.2) is 0 Å². The summed E-state index contributed by atoms with van der Waals surface area (Å²) < 4.78 is 0. The van der Waals surface area contributed by atoms with Crippen LogP contribution in [0.15, 0.2) is 0 Å². The molecule has 0 aromatic carbocycles. The van der Waals surface area contributed by atoms with Gasteiger partial charge in [-0.25, -0.2) is 0 Å². The zero-order chi connectivity index (χ0) is 8.23. The van der Waals surface area contributed by atoms with Crippen LogP contribution in [0, 0.1) is 0 Å². The minimum atomic E-state index is 0.756. The lowest BCUT2D eigenvalue weighted by molar-refractivity contribution is 0.537. The quantitative estimate of drug-likeness (QED) is 0.683. The molecule has 2 saturated heterocycles. The van der Waals surface area contributed by atoms with E-state index in [-0.39, 0.29) is 0 Å². The molecule has 0 aromatic heterocycles. The first kappa shape index (κ1) is 8.85. The van der Waals surface area contributed by atoms with Crippen LogP contribution in [-0.4, -0.2) is 36.7 Å². The van der Waals surface area contributed by atoms with Crippen LogP contribution in [0.3, 0.4) is 0 Å². The van der Waals surface area contributed by atoms with E-state index in [0.29, 0.717) is 0 Å². The largest absolute Gasteiger partial charge is 0.315 e. The molecule has 12 heavy (non-hydrogen) atoms. The fourth-order valence-corrected chi connectivity index (χ4v) is 3.15. The molecule has 2 fully saturated rings. The van der Waals surface area contributed by atoms with E-state index in [1.807, 2.05) is 0 Å². The monoisotopic (exact) mass is 186 g/mol. The molecule has 2 N–H and O–H groups in total. The number of thioether (sulfide) groups is 1. The van der Waals surface area contributed by atoms with Gasteiger partial charge in [-0.15, -0.1) is 0 Å². The lowest BCUT2D eigenvalue weighted by atomic mass is 10.2. The standard InChI is InChI=1S/C9H18N2S/c1-2-9(12-5-1)7-11-8-3-4-10-6-8/h8-11H,1-7H2/t8-,9?/m0/s1. The molecular formula is C9H18N2S. The summed E-state index contributed by atoms with van der Waals surface area (Å²) in [5, 5.41) is 7.93. The van der Waals surface area contributed by atoms with Crippen molar-refractivity contribution in [3.63, 3.8) is 0 Å². The SMILES string of the molecule is C1CSC(CN[C@H]2CCNC2)C1.